The standard InChI is InChI=1S/C14H16O2/c1-14(2,15)12-6-4-10-5-7-13(16-3)9-11(10)8-12/h4-9,15H,1-3H3. The van der Waals surface area contributed by atoms with E-state index in [1.165, 1.54) is 0 Å². The van der Waals surface area contributed by atoms with Gasteiger partial charge in [-0.25, -0.2) is 0 Å². The van der Waals surface area contributed by atoms with Gasteiger partial charge in [-0.05, 0) is 48.4 Å². The zero-order chi connectivity index (χ0) is 11.8. The minimum atomic E-state index is -0.808. The van der Waals surface area contributed by atoms with Gasteiger partial charge in [-0.15, -0.1) is 0 Å². The third kappa shape index (κ3) is 2.02. The van der Waals surface area contributed by atoms with Crippen molar-refractivity contribution in [2.75, 3.05) is 7.11 Å². The van der Waals surface area contributed by atoms with E-state index >= 15 is 0 Å². The van der Waals surface area contributed by atoms with Crippen LogP contribution in [0.15, 0.2) is 36.4 Å². The molecule has 0 spiro atoms. The maximum absolute atomic E-state index is 9.94. The first-order chi connectivity index (χ1) is 7.50. The summed E-state index contributed by atoms with van der Waals surface area (Å²) in [4.78, 5) is 0. The summed E-state index contributed by atoms with van der Waals surface area (Å²) >= 11 is 0. The molecule has 2 rings (SSSR count). The monoisotopic (exact) mass is 216 g/mol. The van der Waals surface area contributed by atoms with Crippen LogP contribution >= 0.6 is 0 Å². The molecule has 1 N–H and O–H groups in total. The fraction of sp³-hybridized carbons (Fsp3) is 0.286. The molecule has 2 aromatic rings. The molecule has 0 fully saturated rings. The summed E-state index contributed by atoms with van der Waals surface area (Å²) in [6.45, 7) is 3.57. The summed E-state index contributed by atoms with van der Waals surface area (Å²) in [5.74, 6) is 0.834. The normalized spacial score (nSPS) is 11.8. The number of benzene rings is 2. The van der Waals surface area contributed by atoms with E-state index in [0.29, 0.717) is 0 Å². The Morgan fingerprint density at radius 3 is 2.31 bits per heavy atom. The highest BCUT2D eigenvalue weighted by atomic mass is 16.5. The molecule has 0 aliphatic heterocycles. The molecule has 0 heterocycles. The summed E-state index contributed by atoms with van der Waals surface area (Å²) in [5.41, 5.74) is 0.102. The molecule has 2 nitrogen and oxygen atoms in total. The van der Waals surface area contributed by atoms with E-state index in [9.17, 15) is 5.11 Å². The van der Waals surface area contributed by atoms with Crippen LogP contribution < -0.4 is 4.74 Å². The van der Waals surface area contributed by atoms with Crippen LogP contribution in [0.3, 0.4) is 0 Å². The van der Waals surface area contributed by atoms with Crippen molar-refractivity contribution in [1.82, 2.24) is 0 Å². The lowest BCUT2D eigenvalue weighted by Crippen LogP contribution is -2.14. The van der Waals surface area contributed by atoms with Gasteiger partial charge in [-0.3, -0.25) is 0 Å². The Balaban J connectivity index is 2.59. The van der Waals surface area contributed by atoms with Gasteiger partial charge in [0.2, 0.25) is 0 Å². The number of fused-ring (bicyclic) bond motifs is 1. The van der Waals surface area contributed by atoms with Crippen molar-refractivity contribution in [3.8, 4) is 5.75 Å². The van der Waals surface area contributed by atoms with E-state index in [0.717, 1.165) is 22.1 Å². The Kier molecular flexibility index (Phi) is 2.60. The van der Waals surface area contributed by atoms with Crippen molar-refractivity contribution >= 4 is 10.8 Å². The van der Waals surface area contributed by atoms with Gasteiger partial charge in [0.15, 0.2) is 0 Å². The van der Waals surface area contributed by atoms with Gasteiger partial charge < -0.3 is 9.84 Å². The second-order valence-electron chi connectivity index (χ2n) is 4.49. The zero-order valence-electron chi connectivity index (χ0n) is 9.82. The van der Waals surface area contributed by atoms with Crippen molar-refractivity contribution in [2.24, 2.45) is 0 Å². The van der Waals surface area contributed by atoms with Crippen molar-refractivity contribution < 1.29 is 9.84 Å². The van der Waals surface area contributed by atoms with Crippen molar-refractivity contribution in [3.63, 3.8) is 0 Å². The second-order valence-corrected chi connectivity index (χ2v) is 4.49. The SMILES string of the molecule is COc1ccc2ccc(C(C)(C)O)cc2c1. The van der Waals surface area contributed by atoms with Crippen LogP contribution in [-0.2, 0) is 5.60 Å². The van der Waals surface area contributed by atoms with Gasteiger partial charge in [0.25, 0.3) is 0 Å². The highest BCUT2D eigenvalue weighted by Crippen LogP contribution is 2.26. The van der Waals surface area contributed by atoms with Gasteiger partial charge in [0.1, 0.15) is 5.75 Å². The second kappa shape index (κ2) is 3.80. The average Bonchev–Trinajstić information content (AvgIpc) is 2.26. The molecule has 0 aliphatic carbocycles. The molecule has 2 aromatic carbocycles. The Hall–Kier alpha value is -1.54. The average molecular weight is 216 g/mol. The van der Waals surface area contributed by atoms with E-state index in [4.69, 9.17) is 4.74 Å². The predicted molar refractivity (Wildman–Crippen MR) is 65.7 cm³/mol. The predicted octanol–water partition coefficient (Wildman–Crippen LogP) is 3.08. The molecule has 2 heteroatoms. The molecule has 0 saturated carbocycles. The number of methoxy groups -OCH3 is 1. The fourth-order valence-corrected chi connectivity index (χ4v) is 1.73. The topological polar surface area (TPSA) is 29.5 Å². The first-order valence-corrected chi connectivity index (χ1v) is 5.31. The van der Waals surface area contributed by atoms with Crippen LogP contribution in [0, 0.1) is 0 Å². The lowest BCUT2D eigenvalue weighted by atomic mass is 9.95. The minimum Gasteiger partial charge on any atom is -0.497 e. The molecular formula is C14H16O2. The highest BCUT2D eigenvalue weighted by Gasteiger charge is 2.15. The van der Waals surface area contributed by atoms with Crippen LogP contribution in [0.2, 0.25) is 0 Å². The maximum atomic E-state index is 9.94. The Morgan fingerprint density at radius 2 is 1.69 bits per heavy atom. The molecule has 0 saturated heterocycles. The molecule has 84 valence electrons. The summed E-state index contributed by atoms with van der Waals surface area (Å²) in [5, 5.41) is 12.2. The first-order valence-electron chi connectivity index (χ1n) is 5.31. The van der Waals surface area contributed by atoms with E-state index in [2.05, 4.69) is 0 Å². The summed E-state index contributed by atoms with van der Waals surface area (Å²) in [7, 11) is 1.65. The van der Waals surface area contributed by atoms with Crippen molar-refractivity contribution in [2.45, 2.75) is 19.4 Å². The highest BCUT2D eigenvalue weighted by molar-refractivity contribution is 5.84. The number of rotatable bonds is 2. The van der Waals surface area contributed by atoms with Crippen LogP contribution in [-0.4, -0.2) is 12.2 Å². The van der Waals surface area contributed by atoms with Crippen LogP contribution in [0.5, 0.6) is 5.75 Å². The molecular weight excluding hydrogens is 200 g/mol. The van der Waals surface area contributed by atoms with Gasteiger partial charge in [-0.2, -0.15) is 0 Å². The molecule has 0 aromatic heterocycles. The van der Waals surface area contributed by atoms with Crippen LogP contribution in [0.1, 0.15) is 19.4 Å². The molecule has 0 bridgehead atoms. The first kappa shape index (κ1) is 11.0. The summed E-state index contributed by atoms with van der Waals surface area (Å²) in [6.07, 6.45) is 0. The number of aliphatic hydroxyl groups is 1. The van der Waals surface area contributed by atoms with E-state index < -0.39 is 5.60 Å². The number of hydrogen-bond acceptors (Lipinski definition) is 2. The Morgan fingerprint density at radius 1 is 1.00 bits per heavy atom. The van der Waals surface area contributed by atoms with Gasteiger partial charge in [-0.1, -0.05) is 18.2 Å². The maximum Gasteiger partial charge on any atom is 0.119 e. The molecule has 16 heavy (non-hydrogen) atoms. The molecule has 0 amide bonds. The smallest absolute Gasteiger partial charge is 0.119 e. The number of hydrogen-bond donors (Lipinski definition) is 1. The lowest BCUT2D eigenvalue weighted by Gasteiger charge is -2.18. The quantitative estimate of drug-likeness (QED) is 0.836. The molecule has 0 radical (unpaired) electrons. The minimum absolute atomic E-state index is 0.808. The molecule has 0 atom stereocenters. The van der Waals surface area contributed by atoms with Crippen LogP contribution in [0.25, 0.3) is 10.8 Å². The summed E-state index contributed by atoms with van der Waals surface area (Å²) < 4.78 is 5.19. The third-order valence-corrected chi connectivity index (χ3v) is 2.75. The molecule has 0 aliphatic rings. The van der Waals surface area contributed by atoms with Gasteiger partial charge >= 0.3 is 0 Å². The fourth-order valence-electron chi connectivity index (χ4n) is 1.73. The number of ether oxygens (including phenoxy) is 1. The lowest BCUT2D eigenvalue weighted by molar-refractivity contribution is 0.0787. The largest absolute Gasteiger partial charge is 0.497 e. The summed E-state index contributed by atoms with van der Waals surface area (Å²) in [6, 6.07) is 11.9. The van der Waals surface area contributed by atoms with E-state index in [1.807, 2.05) is 36.4 Å². The van der Waals surface area contributed by atoms with E-state index in [1.54, 1.807) is 21.0 Å². The third-order valence-electron chi connectivity index (χ3n) is 2.75. The van der Waals surface area contributed by atoms with Gasteiger partial charge in [0.05, 0.1) is 12.7 Å². The Bertz CT molecular complexity index is 510. The molecule has 0 unspecified atom stereocenters. The van der Waals surface area contributed by atoms with Gasteiger partial charge in [0, 0.05) is 0 Å². The van der Waals surface area contributed by atoms with Crippen molar-refractivity contribution in [3.05, 3.63) is 42.0 Å². The van der Waals surface area contributed by atoms with Crippen LogP contribution in [0.4, 0.5) is 0 Å². The Labute approximate surface area is 95.5 Å². The zero-order valence-corrected chi connectivity index (χ0v) is 9.82. The van der Waals surface area contributed by atoms with E-state index in [-0.39, 0.29) is 0 Å². The van der Waals surface area contributed by atoms with Crippen molar-refractivity contribution in [1.29, 1.82) is 0 Å².